The second-order valence-corrected chi connectivity index (χ2v) is 5.05. The van der Waals surface area contributed by atoms with Crippen LogP contribution in [0.15, 0.2) is 11.6 Å². The average Bonchev–Trinajstić information content (AvgIpc) is 2.86. The van der Waals surface area contributed by atoms with Crippen LogP contribution < -0.4 is 4.74 Å². The molecule has 2 heterocycles. The summed E-state index contributed by atoms with van der Waals surface area (Å²) in [7, 11) is 0. The van der Waals surface area contributed by atoms with Crippen molar-refractivity contribution in [2.24, 2.45) is 5.92 Å². The zero-order valence-electron chi connectivity index (χ0n) is 10.0. The van der Waals surface area contributed by atoms with E-state index in [1.54, 1.807) is 4.40 Å². The van der Waals surface area contributed by atoms with Gasteiger partial charge < -0.3 is 4.74 Å². The van der Waals surface area contributed by atoms with Crippen LogP contribution >= 0.6 is 11.3 Å². The van der Waals surface area contributed by atoms with Gasteiger partial charge in [0.15, 0.2) is 16.9 Å². The Morgan fingerprint density at radius 1 is 1.65 bits per heavy atom. The molecule has 0 amide bonds. The minimum absolute atomic E-state index is 0.454. The van der Waals surface area contributed by atoms with Crippen molar-refractivity contribution in [2.45, 2.75) is 26.7 Å². The molecule has 0 saturated carbocycles. The fourth-order valence-corrected chi connectivity index (χ4v) is 2.51. The Bertz CT molecular complexity index is 504. The van der Waals surface area contributed by atoms with Crippen LogP contribution in [-0.4, -0.2) is 22.3 Å². The van der Waals surface area contributed by atoms with Gasteiger partial charge >= 0.3 is 0 Å². The SMILES string of the molecule is CCCC(C)COc1nc2sccn2c1C=O. The van der Waals surface area contributed by atoms with Crippen LogP contribution in [0, 0.1) is 5.92 Å². The molecule has 0 aromatic carbocycles. The van der Waals surface area contributed by atoms with Gasteiger partial charge in [0, 0.05) is 11.6 Å². The van der Waals surface area contributed by atoms with Crippen LogP contribution in [0.5, 0.6) is 5.88 Å². The van der Waals surface area contributed by atoms with Crippen LogP contribution in [0.4, 0.5) is 0 Å². The molecule has 0 N–H and O–H groups in total. The van der Waals surface area contributed by atoms with E-state index in [4.69, 9.17) is 4.74 Å². The maximum absolute atomic E-state index is 11.0. The number of imidazole rings is 1. The van der Waals surface area contributed by atoms with E-state index in [1.807, 2.05) is 11.6 Å². The first-order valence-electron chi connectivity index (χ1n) is 5.79. The summed E-state index contributed by atoms with van der Waals surface area (Å²) >= 11 is 1.50. The van der Waals surface area contributed by atoms with Crippen molar-refractivity contribution in [3.8, 4) is 5.88 Å². The molecular weight excluding hydrogens is 236 g/mol. The Morgan fingerprint density at radius 2 is 2.47 bits per heavy atom. The van der Waals surface area contributed by atoms with Crippen LogP contribution in [0.2, 0.25) is 0 Å². The standard InChI is InChI=1S/C12H16N2O2S/c1-3-4-9(2)8-16-11-10(7-15)14-5-6-17-12(14)13-11/h5-7,9H,3-4,8H2,1-2H3. The molecule has 1 atom stereocenters. The van der Waals surface area contributed by atoms with Gasteiger partial charge in [0.25, 0.3) is 0 Å². The molecule has 0 aliphatic carbocycles. The number of thiazole rings is 1. The first kappa shape index (κ1) is 12.1. The molecule has 5 heteroatoms. The Labute approximate surface area is 104 Å². The third-order valence-corrected chi connectivity index (χ3v) is 3.42. The minimum Gasteiger partial charge on any atom is -0.476 e. The van der Waals surface area contributed by atoms with E-state index in [9.17, 15) is 4.79 Å². The summed E-state index contributed by atoms with van der Waals surface area (Å²) in [6, 6.07) is 0. The van der Waals surface area contributed by atoms with Crippen LogP contribution in [0.1, 0.15) is 37.2 Å². The first-order chi connectivity index (χ1) is 8.26. The Hall–Kier alpha value is -1.36. The summed E-state index contributed by atoms with van der Waals surface area (Å²) < 4.78 is 7.39. The molecule has 0 aliphatic rings. The van der Waals surface area contributed by atoms with Gasteiger partial charge in [-0.05, 0) is 12.3 Å². The molecule has 2 rings (SSSR count). The Balaban J connectivity index is 2.12. The number of aldehydes is 1. The highest BCUT2D eigenvalue weighted by molar-refractivity contribution is 7.15. The summed E-state index contributed by atoms with van der Waals surface area (Å²) in [4.78, 5) is 16.1. The van der Waals surface area contributed by atoms with Gasteiger partial charge in [-0.3, -0.25) is 9.20 Å². The summed E-state index contributed by atoms with van der Waals surface area (Å²) in [5.74, 6) is 0.939. The molecule has 92 valence electrons. The van der Waals surface area contributed by atoms with Crippen molar-refractivity contribution in [3.05, 3.63) is 17.3 Å². The lowest BCUT2D eigenvalue weighted by molar-refractivity contribution is 0.111. The predicted octanol–water partition coefficient (Wildman–Crippen LogP) is 3.02. The Kier molecular flexibility index (Phi) is 3.78. The largest absolute Gasteiger partial charge is 0.476 e. The summed E-state index contributed by atoms with van der Waals surface area (Å²) in [6.07, 6.45) is 4.90. The molecule has 2 aromatic rings. The van der Waals surface area contributed by atoms with Crippen LogP contribution in [-0.2, 0) is 0 Å². The van der Waals surface area contributed by atoms with Gasteiger partial charge in [-0.1, -0.05) is 20.3 Å². The molecule has 0 fully saturated rings. The van der Waals surface area contributed by atoms with E-state index in [0.717, 1.165) is 24.1 Å². The molecule has 4 nitrogen and oxygen atoms in total. The van der Waals surface area contributed by atoms with E-state index in [0.29, 0.717) is 24.1 Å². The minimum atomic E-state index is 0.454. The molecule has 17 heavy (non-hydrogen) atoms. The van der Waals surface area contributed by atoms with E-state index >= 15 is 0 Å². The maximum atomic E-state index is 11.0. The Morgan fingerprint density at radius 3 is 3.18 bits per heavy atom. The number of hydrogen-bond donors (Lipinski definition) is 0. The van der Waals surface area contributed by atoms with Crippen molar-refractivity contribution in [3.63, 3.8) is 0 Å². The average molecular weight is 252 g/mol. The fraction of sp³-hybridized carbons (Fsp3) is 0.500. The van der Waals surface area contributed by atoms with Crippen LogP contribution in [0.3, 0.4) is 0 Å². The molecule has 1 unspecified atom stereocenters. The van der Waals surface area contributed by atoms with E-state index in [1.165, 1.54) is 11.3 Å². The molecule has 0 aliphatic heterocycles. The van der Waals surface area contributed by atoms with Crippen molar-refractivity contribution in [1.82, 2.24) is 9.38 Å². The van der Waals surface area contributed by atoms with E-state index in [-0.39, 0.29) is 0 Å². The zero-order valence-corrected chi connectivity index (χ0v) is 10.9. The number of carbonyl (C=O) groups excluding carboxylic acids is 1. The fourth-order valence-electron chi connectivity index (χ4n) is 1.79. The van der Waals surface area contributed by atoms with Crippen molar-refractivity contribution in [1.29, 1.82) is 0 Å². The third-order valence-electron chi connectivity index (χ3n) is 2.66. The van der Waals surface area contributed by atoms with E-state index < -0.39 is 0 Å². The lowest BCUT2D eigenvalue weighted by atomic mass is 10.1. The quantitative estimate of drug-likeness (QED) is 0.742. The summed E-state index contributed by atoms with van der Waals surface area (Å²) in [6.45, 7) is 4.90. The van der Waals surface area contributed by atoms with E-state index in [2.05, 4.69) is 18.8 Å². The number of nitrogens with zero attached hydrogens (tertiary/aromatic N) is 2. The lowest BCUT2D eigenvalue weighted by Crippen LogP contribution is -2.09. The predicted molar refractivity (Wildman–Crippen MR) is 68.0 cm³/mol. The topological polar surface area (TPSA) is 43.6 Å². The molecule has 0 saturated heterocycles. The molecular formula is C12H16N2O2S. The van der Waals surface area contributed by atoms with Crippen molar-refractivity contribution in [2.75, 3.05) is 6.61 Å². The maximum Gasteiger partial charge on any atom is 0.244 e. The number of rotatable bonds is 6. The molecule has 0 spiro atoms. The third kappa shape index (κ3) is 2.49. The molecule has 2 aromatic heterocycles. The molecule has 0 bridgehead atoms. The number of hydrogen-bond acceptors (Lipinski definition) is 4. The highest BCUT2D eigenvalue weighted by Crippen LogP contribution is 2.22. The smallest absolute Gasteiger partial charge is 0.244 e. The van der Waals surface area contributed by atoms with Gasteiger partial charge in [-0.15, -0.1) is 11.3 Å². The highest BCUT2D eigenvalue weighted by Gasteiger charge is 2.14. The first-order valence-corrected chi connectivity index (χ1v) is 6.67. The molecule has 0 radical (unpaired) electrons. The zero-order chi connectivity index (χ0) is 12.3. The van der Waals surface area contributed by atoms with Crippen molar-refractivity contribution < 1.29 is 9.53 Å². The van der Waals surface area contributed by atoms with Gasteiger partial charge in [0.2, 0.25) is 5.88 Å². The number of aromatic nitrogens is 2. The van der Waals surface area contributed by atoms with Crippen LogP contribution in [0.25, 0.3) is 4.96 Å². The van der Waals surface area contributed by atoms with Gasteiger partial charge in [-0.25, -0.2) is 0 Å². The monoisotopic (exact) mass is 252 g/mol. The summed E-state index contributed by atoms with van der Waals surface area (Å²) in [5, 5.41) is 1.90. The summed E-state index contributed by atoms with van der Waals surface area (Å²) in [5.41, 5.74) is 0.505. The van der Waals surface area contributed by atoms with Gasteiger partial charge in [-0.2, -0.15) is 4.98 Å². The highest BCUT2D eigenvalue weighted by atomic mass is 32.1. The van der Waals surface area contributed by atoms with Gasteiger partial charge in [0.05, 0.1) is 6.61 Å². The number of fused-ring (bicyclic) bond motifs is 1. The number of carbonyl (C=O) groups is 1. The normalized spacial score (nSPS) is 12.8. The second kappa shape index (κ2) is 5.31. The van der Waals surface area contributed by atoms with Gasteiger partial charge in [0.1, 0.15) is 0 Å². The lowest BCUT2D eigenvalue weighted by Gasteiger charge is -2.10. The number of ether oxygens (including phenoxy) is 1. The van der Waals surface area contributed by atoms with Crippen molar-refractivity contribution >= 4 is 22.6 Å². The second-order valence-electron chi connectivity index (χ2n) is 4.18.